The summed E-state index contributed by atoms with van der Waals surface area (Å²) in [6.07, 6.45) is 1.87. The maximum atomic E-state index is 13.1. The van der Waals surface area contributed by atoms with Gasteiger partial charge in [-0.05, 0) is 79.3 Å². The van der Waals surface area contributed by atoms with Gasteiger partial charge in [-0.25, -0.2) is 0 Å². The highest BCUT2D eigenvalue weighted by Gasteiger charge is 2.33. The lowest BCUT2D eigenvalue weighted by Gasteiger charge is -2.24. The fourth-order valence-electron chi connectivity index (χ4n) is 5.37. The van der Waals surface area contributed by atoms with E-state index in [0.29, 0.717) is 12.3 Å². The zero-order valence-electron chi connectivity index (χ0n) is 18.7. The van der Waals surface area contributed by atoms with Crippen molar-refractivity contribution in [1.29, 1.82) is 0 Å². The average Bonchev–Trinajstić information content (AvgIpc) is 3.37. The number of aromatic amines is 1. The molecule has 0 unspecified atom stereocenters. The minimum atomic E-state index is -0.0312. The molecule has 0 fully saturated rings. The van der Waals surface area contributed by atoms with Crippen molar-refractivity contribution in [2.24, 2.45) is 0 Å². The quantitative estimate of drug-likeness (QED) is 0.425. The molecule has 0 saturated carbocycles. The minimum absolute atomic E-state index is 0.0134. The number of aliphatic hydroxyl groups is 1. The van der Waals surface area contributed by atoms with Crippen molar-refractivity contribution in [2.45, 2.75) is 39.3 Å². The van der Waals surface area contributed by atoms with E-state index in [1.807, 2.05) is 38.1 Å². The third-order valence-corrected chi connectivity index (χ3v) is 6.60. The molecule has 0 saturated heterocycles. The summed E-state index contributed by atoms with van der Waals surface area (Å²) in [7, 11) is 0. The number of carbonyl (C=O) groups excluding carboxylic acids is 1. The first kappa shape index (κ1) is 20.1. The van der Waals surface area contributed by atoms with Gasteiger partial charge >= 0.3 is 0 Å². The van der Waals surface area contributed by atoms with Crippen LogP contribution < -0.4 is 14.8 Å². The molecule has 6 rings (SSSR count). The molecule has 6 heteroatoms. The summed E-state index contributed by atoms with van der Waals surface area (Å²) in [6.45, 7) is 4.78. The second kappa shape index (κ2) is 7.52. The Kier molecular flexibility index (Phi) is 4.59. The molecule has 0 radical (unpaired) electrons. The van der Waals surface area contributed by atoms with Crippen LogP contribution in [0.5, 0.6) is 11.5 Å². The fourth-order valence-corrected chi connectivity index (χ4v) is 5.37. The van der Waals surface area contributed by atoms with Gasteiger partial charge in [0.1, 0.15) is 18.1 Å². The van der Waals surface area contributed by atoms with Crippen LogP contribution in [0.2, 0.25) is 0 Å². The van der Waals surface area contributed by atoms with E-state index in [0.717, 1.165) is 62.7 Å². The first-order valence-corrected chi connectivity index (χ1v) is 11.5. The van der Waals surface area contributed by atoms with E-state index < -0.39 is 0 Å². The maximum absolute atomic E-state index is 13.1. The molecule has 4 aromatic rings. The zero-order chi connectivity index (χ0) is 22.7. The van der Waals surface area contributed by atoms with E-state index in [9.17, 15) is 4.79 Å². The van der Waals surface area contributed by atoms with Gasteiger partial charge < -0.3 is 24.9 Å². The molecule has 1 aliphatic carbocycles. The zero-order valence-corrected chi connectivity index (χ0v) is 18.7. The highest BCUT2D eigenvalue weighted by atomic mass is 16.5. The molecule has 168 valence electrons. The number of nitrogens with one attached hydrogen (secondary N) is 2. The highest BCUT2D eigenvalue weighted by Crippen LogP contribution is 2.46. The smallest absolute Gasteiger partial charge is 0.252 e. The molecule has 6 nitrogen and oxygen atoms in total. The lowest BCUT2D eigenvalue weighted by molar-refractivity contribution is 0.0966. The summed E-state index contributed by atoms with van der Waals surface area (Å²) in [5.74, 6) is 1.57. The van der Waals surface area contributed by atoms with Gasteiger partial charge in [0.15, 0.2) is 0 Å². The normalized spacial score (nSPS) is 14.4. The molecule has 3 aromatic carbocycles. The van der Waals surface area contributed by atoms with Gasteiger partial charge in [0.05, 0.1) is 23.8 Å². The van der Waals surface area contributed by atoms with Crippen LogP contribution in [0.1, 0.15) is 40.9 Å². The number of H-pyrrole nitrogens is 1. The molecule has 0 bridgehead atoms. The number of aromatic nitrogens is 1. The summed E-state index contributed by atoms with van der Waals surface area (Å²) in [6, 6.07) is 12.2. The van der Waals surface area contributed by atoms with Crippen LogP contribution >= 0.6 is 0 Å². The number of hydrogen-bond acceptors (Lipinski definition) is 4. The van der Waals surface area contributed by atoms with Gasteiger partial charge in [-0.1, -0.05) is 6.07 Å². The number of aryl methyl sites for hydroxylation is 2. The third kappa shape index (κ3) is 3.09. The monoisotopic (exact) mass is 442 g/mol. The number of amides is 1. The van der Waals surface area contributed by atoms with E-state index >= 15 is 0 Å². The van der Waals surface area contributed by atoms with Gasteiger partial charge in [0, 0.05) is 28.4 Å². The fraction of sp³-hybridized carbons (Fsp3) is 0.296. The summed E-state index contributed by atoms with van der Waals surface area (Å²) in [4.78, 5) is 16.7. The van der Waals surface area contributed by atoms with Gasteiger partial charge in [-0.15, -0.1) is 0 Å². The third-order valence-electron chi connectivity index (χ3n) is 6.60. The Morgan fingerprint density at radius 3 is 2.70 bits per heavy atom. The minimum Gasteiger partial charge on any atom is -0.491 e. The largest absolute Gasteiger partial charge is 0.491 e. The second-order valence-electron chi connectivity index (χ2n) is 9.03. The number of hydrogen-bond donors (Lipinski definition) is 3. The molecule has 0 atom stereocenters. The van der Waals surface area contributed by atoms with E-state index in [1.165, 1.54) is 11.1 Å². The first-order valence-electron chi connectivity index (χ1n) is 11.5. The topological polar surface area (TPSA) is 83.6 Å². The maximum Gasteiger partial charge on any atom is 0.252 e. The van der Waals surface area contributed by atoms with Gasteiger partial charge in [0.2, 0.25) is 0 Å². The van der Waals surface area contributed by atoms with Crippen LogP contribution in [0.4, 0.5) is 0 Å². The number of fused-ring (bicyclic) bond motifs is 10. The Labute approximate surface area is 191 Å². The second-order valence-corrected chi connectivity index (χ2v) is 9.03. The van der Waals surface area contributed by atoms with E-state index in [4.69, 9.17) is 14.6 Å². The van der Waals surface area contributed by atoms with Crippen LogP contribution in [0, 0.1) is 0 Å². The van der Waals surface area contributed by atoms with Crippen molar-refractivity contribution in [3.8, 4) is 22.6 Å². The SMILES string of the molecule is CC(C)Oc1ccc2c(c1)CCc1c-2c2c(c3c1[nH]c1ccc(OCCO)cc13)CNC2=O. The molecular weight excluding hydrogens is 416 g/mol. The average molecular weight is 443 g/mol. The molecule has 1 aliphatic heterocycles. The van der Waals surface area contributed by atoms with Crippen molar-refractivity contribution < 1.29 is 19.4 Å². The molecular formula is C27H26N2O4. The molecule has 1 amide bonds. The lowest BCUT2D eigenvalue weighted by atomic mass is 9.80. The van der Waals surface area contributed by atoms with Crippen molar-refractivity contribution in [3.05, 3.63) is 58.7 Å². The van der Waals surface area contributed by atoms with Crippen LogP contribution in [0.3, 0.4) is 0 Å². The van der Waals surface area contributed by atoms with E-state index in [1.54, 1.807) is 0 Å². The molecule has 0 spiro atoms. The number of carbonyl (C=O) groups is 1. The highest BCUT2D eigenvalue weighted by molar-refractivity contribution is 6.19. The summed E-state index contributed by atoms with van der Waals surface area (Å²) < 4.78 is 11.6. The predicted octanol–water partition coefficient (Wildman–Crippen LogP) is 4.49. The van der Waals surface area contributed by atoms with Crippen LogP contribution in [-0.4, -0.2) is 35.3 Å². The Hall–Kier alpha value is -3.51. The Bertz CT molecular complexity index is 1430. The first-order chi connectivity index (χ1) is 16.0. The summed E-state index contributed by atoms with van der Waals surface area (Å²) in [5, 5.41) is 14.3. The van der Waals surface area contributed by atoms with Gasteiger partial charge in [0.25, 0.3) is 5.91 Å². The number of benzene rings is 3. The predicted molar refractivity (Wildman–Crippen MR) is 128 cm³/mol. The molecule has 33 heavy (non-hydrogen) atoms. The molecule has 3 N–H and O–H groups in total. The summed E-state index contributed by atoms with van der Waals surface area (Å²) in [5.41, 5.74) is 8.53. The van der Waals surface area contributed by atoms with Crippen LogP contribution in [0.15, 0.2) is 36.4 Å². The van der Waals surface area contributed by atoms with E-state index in [-0.39, 0.29) is 25.2 Å². The van der Waals surface area contributed by atoms with Crippen LogP contribution in [0.25, 0.3) is 32.9 Å². The van der Waals surface area contributed by atoms with E-state index in [2.05, 4.69) is 22.4 Å². The summed E-state index contributed by atoms with van der Waals surface area (Å²) >= 11 is 0. The van der Waals surface area contributed by atoms with Crippen molar-refractivity contribution in [2.75, 3.05) is 13.2 Å². The van der Waals surface area contributed by atoms with Crippen molar-refractivity contribution >= 4 is 27.7 Å². The van der Waals surface area contributed by atoms with Gasteiger partial charge in [-0.3, -0.25) is 4.79 Å². The number of ether oxygens (including phenoxy) is 2. The molecule has 2 heterocycles. The van der Waals surface area contributed by atoms with Crippen LogP contribution in [-0.2, 0) is 19.4 Å². The standard InChI is InChI=1S/C27H26N2O4/c1-14(2)33-17-4-7-18-15(11-17)3-6-19-23(18)25-21(13-28-27(25)31)24-20-12-16(32-10-9-30)5-8-22(20)29-26(19)24/h4-5,7-8,11-12,14,29-30H,3,6,9-10,13H2,1-2H3,(H,28,31). The Morgan fingerprint density at radius 2 is 1.88 bits per heavy atom. The van der Waals surface area contributed by atoms with Gasteiger partial charge in [-0.2, -0.15) is 0 Å². The molecule has 1 aromatic heterocycles. The number of aliphatic hydroxyl groups excluding tert-OH is 1. The number of rotatable bonds is 5. The van der Waals surface area contributed by atoms with Crippen molar-refractivity contribution in [3.63, 3.8) is 0 Å². The Balaban J connectivity index is 1.61. The molecule has 2 aliphatic rings. The lowest BCUT2D eigenvalue weighted by Crippen LogP contribution is -2.15. The Morgan fingerprint density at radius 1 is 1.03 bits per heavy atom. The van der Waals surface area contributed by atoms with Crippen molar-refractivity contribution in [1.82, 2.24) is 10.3 Å².